The molecule has 0 saturated heterocycles. The first-order valence-corrected chi connectivity index (χ1v) is 6.99. The van der Waals surface area contributed by atoms with Crippen molar-refractivity contribution in [2.75, 3.05) is 14.2 Å². The Morgan fingerprint density at radius 3 is 2.52 bits per heavy atom. The topological polar surface area (TPSA) is 85.2 Å². The van der Waals surface area contributed by atoms with Crippen molar-refractivity contribution in [1.29, 1.82) is 0 Å². The number of fused-ring (bicyclic) bond motifs is 1. The van der Waals surface area contributed by atoms with Crippen molar-refractivity contribution in [3.8, 4) is 23.0 Å². The summed E-state index contributed by atoms with van der Waals surface area (Å²) in [5.74, 6) is 0.0295. The van der Waals surface area contributed by atoms with Crippen LogP contribution in [0.4, 0.5) is 0 Å². The molecular formula is C17H16O6. The minimum atomic E-state index is -0.927. The quantitative estimate of drug-likeness (QED) is 0.904. The fourth-order valence-corrected chi connectivity index (χ4v) is 2.70. The number of hydrogen-bond acceptors (Lipinski definition) is 6. The number of Topliss-reactive ketones (excluding diaryl/α,β-unsaturated/α-hetero) is 1. The zero-order valence-electron chi connectivity index (χ0n) is 12.6. The van der Waals surface area contributed by atoms with E-state index in [9.17, 15) is 15.0 Å². The lowest BCUT2D eigenvalue weighted by molar-refractivity contribution is -0.00107. The summed E-state index contributed by atoms with van der Waals surface area (Å²) in [6, 6.07) is 9.37. The molecule has 2 aromatic carbocycles. The van der Waals surface area contributed by atoms with E-state index in [4.69, 9.17) is 14.2 Å². The van der Waals surface area contributed by atoms with Crippen LogP contribution in [-0.4, -0.2) is 36.3 Å². The van der Waals surface area contributed by atoms with Crippen LogP contribution in [0.25, 0.3) is 0 Å². The second kappa shape index (κ2) is 5.81. The second-order valence-corrected chi connectivity index (χ2v) is 5.14. The molecule has 3 rings (SSSR count). The van der Waals surface area contributed by atoms with Gasteiger partial charge in [0.2, 0.25) is 5.78 Å². The molecule has 1 aliphatic rings. The first-order chi connectivity index (χ1) is 11.1. The number of phenols is 2. The molecule has 120 valence electrons. The zero-order chi connectivity index (χ0) is 16.6. The molecule has 0 aromatic heterocycles. The first-order valence-electron chi connectivity index (χ1n) is 6.99. The summed E-state index contributed by atoms with van der Waals surface area (Å²) in [4.78, 5) is 12.6. The van der Waals surface area contributed by atoms with Gasteiger partial charge in [-0.3, -0.25) is 4.79 Å². The summed E-state index contributed by atoms with van der Waals surface area (Å²) in [7, 11) is 2.85. The van der Waals surface area contributed by atoms with Crippen molar-refractivity contribution >= 4 is 5.78 Å². The molecule has 0 bridgehead atoms. The van der Waals surface area contributed by atoms with Gasteiger partial charge in [0.1, 0.15) is 17.1 Å². The number of hydrogen-bond donors (Lipinski definition) is 2. The number of ether oxygens (including phenoxy) is 3. The average molecular weight is 316 g/mol. The van der Waals surface area contributed by atoms with E-state index >= 15 is 0 Å². The summed E-state index contributed by atoms with van der Waals surface area (Å²) >= 11 is 0. The van der Waals surface area contributed by atoms with Gasteiger partial charge in [-0.2, -0.15) is 0 Å². The number of methoxy groups -OCH3 is 2. The van der Waals surface area contributed by atoms with Crippen molar-refractivity contribution in [3.05, 3.63) is 47.5 Å². The molecular weight excluding hydrogens is 300 g/mol. The Bertz CT molecular complexity index is 755. The van der Waals surface area contributed by atoms with Crippen LogP contribution in [0.5, 0.6) is 23.0 Å². The number of carbonyl (C=O) groups excluding carboxylic acids is 1. The predicted molar refractivity (Wildman–Crippen MR) is 81.3 cm³/mol. The van der Waals surface area contributed by atoms with Crippen molar-refractivity contribution in [1.82, 2.24) is 0 Å². The van der Waals surface area contributed by atoms with E-state index in [2.05, 4.69) is 0 Å². The lowest BCUT2D eigenvalue weighted by Crippen LogP contribution is -2.37. The van der Waals surface area contributed by atoms with Crippen LogP contribution in [0.15, 0.2) is 36.4 Å². The van der Waals surface area contributed by atoms with Gasteiger partial charge in [0, 0.05) is 7.11 Å². The molecule has 23 heavy (non-hydrogen) atoms. The molecule has 1 heterocycles. The largest absolute Gasteiger partial charge is 0.507 e. The number of ketones is 1. The third-order valence-electron chi connectivity index (χ3n) is 3.82. The smallest absolute Gasteiger partial charge is 0.203 e. The number of rotatable bonds is 3. The average Bonchev–Trinajstić information content (AvgIpc) is 2.54. The number of aromatic hydroxyl groups is 2. The Labute approximate surface area is 132 Å². The Kier molecular flexibility index (Phi) is 3.83. The van der Waals surface area contributed by atoms with E-state index < -0.39 is 12.2 Å². The van der Waals surface area contributed by atoms with Crippen LogP contribution < -0.4 is 9.47 Å². The maximum Gasteiger partial charge on any atom is 0.203 e. The highest BCUT2D eigenvalue weighted by Crippen LogP contribution is 2.41. The predicted octanol–water partition coefficient (Wildman–Crippen LogP) is 2.44. The van der Waals surface area contributed by atoms with Crippen LogP contribution >= 0.6 is 0 Å². The Morgan fingerprint density at radius 1 is 1.09 bits per heavy atom. The summed E-state index contributed by atoms with van der Waals surface area (Å²) in [5.41, 5.74) is 0.672. The molecule has 6 nitrogen and oxygen atoms in total. The van der Waals surface area contributed by atoms with Crippen molar-refractivity contribution in [2.45, 2.75) is 12.2 Å². The maximum absolute atomic E-state index is 12.6. The van der Waals surface area contributed by atoms with Crippen LogP contribution in [0.1, 0.15) is 22.0 Å². The van der Waals surface area contributed by atoms with E-state index in [1.165, 1.54) is 26.4 Å². The molecule has 2 unspecified atom stereocenters. The van der Waals surface area contributed by atoms with Gasteiger partial charge < -0.3 is 24.4 Å². The van der Waals surface area contributed by atoms with Gasteiger partial charge >= 0.3 is 0 Å². The van der Waals surface area contributed by atoms with Gasteiger partial charge in [-0.1, -0.05) is 12.1 Å². The van der Waals surface area contributed by atoms with Gasteiger partial charge in [-0.05, 0) is 29.8 Å². The van der Waals surface area contributed by atoms with Gasteiger partial charge in [0.15, 0.2) is 23.7 Å². The van der Waals surface area contributed by atoms with Gasteiger partial charge in [-0.15, -0.1) is 0 Å². The lowest BCUT2D eigenvalue weighted by atomic mass is 9.92. The van der Waals surface area contributed by atoms with Gasteiger partial charge in [0.25, 0.3) is 0 Å². The molecule has 2 atom stereocenters. The van der Waals surface area contributed by atoms with Crippen molar-refractivity contribution in [2.24, 2.45) is 0 Å². The monoisotopic (exact) mass is 316 g/mol. The molecule has 0 fully saturated rings. The van der Waals surface area contributed by atoms with E-state index in [1.807, 2.05) is 0 Å². The third-order valence-corrected chi connectivity index (χ3v) is 3.82. The van der Waals surface area contributed by atoms with Crippen LogP contribution in [0.3, 0.4) is 0 Å². The molecule has 0 spiro atoms. The van der Waals surface area contributed by atoms with Crippen LogP contribution in [0.2, 0.25) is 0 Å². The first kappa shape index (κ1) is 15.2. The summed E-state index contributed by atoms with van der Waals surface area (Å²) in [6.07, 6.45) is -1.66. The summed E-state index contributed by atoms with van der Waals surface area (Å²) < 4.78 is 16.1. The molecule has 0 aliphatic carbocycles. The molecule has 2 aromatic rings. The lowest BCUT2D eigenvalue weighted by Gasteiger charge is -2.32. The van der Waals surface area contributed by atoms with E-state index in [0.717, 1.165) is 0 Å². The zero-order valence-corrected chi connectivity index (χ0v) is 12.6. The number of benzene rings is 2. The molecule has 0 radical (unpaired) electrons. The van der Waals surface area contributed by atoms with Crippen molar-refractivity contribution in [3.63, 3.8) is 0 Å². The van der Waals surface area contributed by atoms with E-state index in [1.54, 1.807) is 24.3 Å². The standard InChI is InChI=1S/C17H16O6/c1-21-12-7-6-9(8-11(12)19)16-17(22-2)15(20)14-10(18)4-3-5-13(14)23-16/h3-8,16-19H,1-2H3. The minimum Gasteiger partial charge on any atom is -0.507 e. The Balaban J connectivity index is 2.06. The van der Waals surface area contributed by atoms with Crippen LogP contribution in [-0.2, 0) is 4.74 Å². The normalized spacial score (nSPS) is 19.8. The molecule has 0 saturated carbocycles. The van der Waals surface area contributed by atoms with E-state index in [0.29, 0.717) is 11.3 Å². The summed E-state index contributed by atoms with van der Waals surface area (Å²) in [5, 5.41) is 19.8. The van der Waals surface area contributed by atoms with Crippen LogP contribution in [0, 0.1) is 0 Å². The van der Waals surface area contributed by atoms with Gasteiger partial charge in [0.05, 0.1) is 7.11 Å². The number of phenolic OH excluding ortho intramolecular Hbond substituents is 2. The summed E-state index contributed by atoms with van der Waals surface area (Å²) in [6.45, 7) is 0. The SMILES string of the molecule is COc1ccc(C2Oc3cccc(O)c3C(=O)C2OC)cc1O. The number of carbonyl (C=O) groups is 1. The second-order valence-electron chi connectivity index (χ2n) is 5.14. The molecule has 6 heteroatoms. The van der Waals surface area contributed by atoms with Crippen molar-refractivity contribution < 1.29 is 29.2 Å². The molecule has 1 aliphatic heterocycles. The van der Waals surface area contributed by atoms with Gasteiger partial charge in [-0.25, -0.2) is 0 Å². The fraction of sp³-hybridized carbons (Fsp3) is 0.235. The Morgan fingerprint density at radius 2 is 1.87 bits per heavy atom. The fourth-order valence-electron chi connectivity index (χ4n) is 2.70. The highest BCUT2D eigenvalue weighted by Gasteiger charge is 2.40. The maximum atomic E-state index is 12.6. The Hall–Kier alpha value is -2.73. The van der Waals surface area contributed by atoms with E-state index in [-0.39, 0.29) is 28.6 Å². The highest BCUT2D eigenvalue weighted by molar-refractivity contribution is 6.05. The highest BCUT2D eigenvalue weighted by atomic mass is 16.5. The third kappa shape index (κ3) is 2.47. The minimum absolute atomic E-state index is 0.0578. The molecule has 2 N–H and O–H groups in total. The molecule has 0 amide bonds.